The lowest BCUT2D eigenvalue weighted by Crippen LogP contribution is -2.02. The van der Waals surface area contributed by atoms with E-state index < -0.39 is 0 Å². The van der Waals surface area contributed by atoms with Crippen molar-refractivity contribution in [3.05, 3.63) is 224 Å². The van der Waals surface area contributed by atoms with Crippen LogP contribution in [-0.2, 0) is 0 Å². The van der Waals surface area contributed by atoms with Crippen LogP contribution in [0, 0.1) is 0 Å². The number of rotatable bonds is 5. The van der Waals surface area contributed by atoms with Gasteiger partial charge in [0.1, 0.15) is 0 Å². The van der Waals surface area contributed by atoms with Crippen molar-refractivity contribution in [3.63, 3.8) is 0 Å². The Kier molecular flexibility index (Phi) is 7.61. The van der Waals surface area contributed by atoms with Crippen LogP contribution in [0.25, 0.3) is 115 Å². The van der Waals surface area contributed by atoms with Crippen LogP contribution in [0.1, 0.15) is 0 Å². The number of aromatic nitrogens is 1. The summed E-state index contributed by atoms with van der Waals surface area (Å²) in [4.78, 5) is 0. The molecule has 0 saturated heterocycles. The van der Waals surface area contributed by atoms with Crippen molar-refractivity contribution < 1.29 is 0 Å². The van der Waals surface area contributed by atoms with Gasteiger partial charge in [0.15, 0.2) is 0 Å². The van der Waals surface area contributed by atoms with Crippen molar-refractivity contribution in [3.8, 4) is 50.5 Å². The standard InChI is InChI=1S/C58H37N/c1-3-15-38(16-4-1)56-31-32-57(39-17-5-2-6-18-39)59(56)58-48-30-29-42(53-35-40-19-7-9-21-46(40)49-23-11-13-25-51(49)53)33-45(48)34-43-27-28-44(37-55(43)58)54-36-41-20-8-10-22-47(41)50-24-12-14-26-52(50)54/h1-37H. The van der Waals surface area contributed by atoms with Gasteiger partial charge in [-0.3, -0.25) is 0 Å². The van der Waals surface area contributed by atoms with Crippen LogP contribution in [0.4, 0.5) is 0 Å². The molecule has 11 aromatic carbocycles. The maximum Gasteiger partial charge on any atom is 0.0619 e. The zero-order valence-corrected chi connectivity index (χ0v) is 32.3. The molecular formula is C58H37N. The van der Waals surface area contributed by atoms with Gasteiger partial charge in [-0.1, -0.05) is 182 Å². The lowest BCUT2D eigenvalue weighted by Gasteiger charge is -2.21. The molecule has 1 heteroatoms. The van der Waals surface area contributed by atoms with E-state index in [-0.39, 0.29) is 0 Å². The lowest BCUT2D eigenvalue weighted by atomic mass is 9.90. The zero-order chi connectivity index (χ0) is 38.9. The van der Waals surface area contributed by atoms with Crippen LogP contribution in [0.15, 0.2) is 224 Å². The van der Waals surface area contributed by atoms with Crippen molar-refractivity contribution in [1.82, 2.24) is 4.57 Å². The van der Waals surface area contributed by atoms with E-state index in [0.717, 1.165) is 11.4 Å². The summed E-state index contributed by atoms with van der Waals surface area (Å²) in [6, 6.07) is 82.8. The van der Waals surface area contributed by atoms with Gasteiger partial charge in [-0.15, -0.1) is 0 Å². The summed E-state index contributed by atoms with van der Waals surface area (Å²) in [5, 5.41) is 15.0. The first-order valence-electron chi connectivity index (χ1n) is 20.4. The van der Waals surface area contributed by atoms with E-state index in [0.29, 0.717) is 0 Å². The highest BCUT2D eigenvalue weighted by Gasteiger charge is 2.21. The van der Waals surface area contributed by atoms with E-state index in [4.69, 9.17) is 0 Å². The van der Waals surface area contributed by atoms with E-state index in [2.05, 4.69) is 229 Å². The molecule has 1 heterocycles. The fourth-order valence-corrected chi connectivity index (χ4v) is 9.61. The third-order valence-electron chi connectivity index (χ3n) is 12.3. The Balaban J connectivity index is 1.18. The van der Waals surface area contributed by atoms with Crippen molar-refractivity contribution in [2.24, 2.45) is 0 Å². The Morgan fingerprint density at radius 2 is 0.661 bits per heavy atom. The third-order valence-corrected chi connectivity index (χ3v) is 12.3. The summed E-state index contributed by atoms with van der Waals surface area (Å²) in [6.45, 7) is 0. The molecule has 59 heavy (non-hydrogen) atoms. The summed E-state index contributed by atoms with van der Waals surface area (Å²) in [5.74, 6) is 0. The van der Waals surface area contributed by atoms with Gasteiger partial charge >= 0.3 is 0 Å². The second-order valence-electron chi connectivity index (χ2n) is 15.6. The van der Waals surface area contributed by atoms with Crippen LogP contribution in [0.3, 0.4) is 0 Å². The normalized spacial score (nSPS) is 11.7. The quantitative estimate of drug-likeness (QED) is 0.122. The molecule has 0 aliphatic carbocycles. The molecule has 0 spiro atoms. The van der Waals surface area contributed by atoms with Crippen LogP contribution in [0.5, 0.6) is 0 Å². The molecule has 0 bridgehead atoms. The van der Waals surface area contributed by atoms with Crippen molar-refractivity contribution in [2.75, 3.05) is 0 Å². The van der Waals surface area contributed by atoms with Gasteiger partial charge in [-0.2, -0.15) is 0 Å². The van der Waals surface area contributed by atoms with Gasteiger partial charge in [0, 0.05) is 10.8 Å². The molecule has 12 aromatic rings. The van der Waals surface area contributed by atoms with Gasteiger partial charge in [0.05, 0.1) is 17.1 Å². The molecule has 0 unspecified atom stereocenters. The van der Waals surface area contributed by atoms with Crippen molar-refractivity contribution in [1.29, 1.82) is 0 Å². The highest BCUT2D eigenvalue weighted by atomic mass is 15.0. The van der Waals surface area contributed by atoms with Gasteiger partial charge < -0.3 is 4.57 Å². The minimum absolute atomic E-state index is 1.16. The zero-order valence-electron chi connectivity index (χ0n) is 32.3. The third kappa shape index (κ3) is 5.40. The molecule has 0 amide bonds. The maximum atomic E-state index is 2.52. The number of fused-ring (bicyclic) bond motifs is 8. The number of hydrogen-bond acceptors (Lipinski definition) is 0. The first kappa shape index (κ1) is 33.4. The smallest absolute Gasteiger partial charge is 0.0619 e. The molecular weight excluding hydrogens is 711 g/mol. The molecule has 0 radical (unpaired) electrons. The van der Waals surface area contributed by atoms with Gasteiger partial charge in [-0.25, -0.2) is 0 Å². The van der Waals surface area contributed by atoms with Crippen LogP contribution in [-0.4, -0.2) is 4.57 Å². The van der Waals surface area contributed by atoms with Crippen LogP contribution < -0.4 is 0 Å². The average Bonchev–Trinajstić information content (AvgIpc) is 3.75. The molecule has 0 fully saturated rings. The van der Waals surface area contributed by atoms with Crippen LogP contribution in [0.2, 0.25) is 0 Å². The average molecular weight is 748 g/mol. The summed E-state index contributed by atoms with van der Waals surface area (Å²) < 4.78 is 2.52. The molecule has 274 valence electrons. The largest absolute Gasteiger partial charge is 0.308 e. The molecule has 0 N–H and O–H groups in total. The van der Waals surface area contributed by atoms with E-state index in [1.807, 2.05) is 0 Å². The Bertz CT molecular complexity index is 3540. The molecule has 0 aliphatic rings. The van der Waals surface area contributed by atoms with Gasteiger partial charge in [0.25, 0.3) is 0 Å². The lowest BCUT2D eigenvalue weighted by molar-refractivity contribution is 1.12. The van der Waals surface area contributed by atoms with E-state index in [1.165, 1.54) is 104 Å². The maximum absolute atomic E-state index is 2.52. The predicted molar refractivity (Wildman–Crippen MR) is 253 cm³/mol. The Hall–Kier alpha value is -7.74. The second-order valence-corrected chi connectivity index (χ2v) is 15.6. The van der Waals surface area contributed by atoms with Gasteiger partial charge in [0.2, 0.25) is 0 Å². The molecule has 12 rings (SSSR count). The van der Waals surface area contributed by atoms with E-state index in [1.54, 1.807) is 0 Å². The highest BCUT2D eigenvalue weighted by Crippen LogP contribution is 2.44. The predicted octanol–water partition coefficient (Wildman–Crippen LogP) is 16.1. The van der Waals surface area contributed by atoms with E-state index >= 15 is 0 Å². The fourth-order valence-electron chi connectivity index (χ4n) is 9.61. The first-order chi connectivity index (χ1) is 29.3. The molecule has 0 aliphatic heterocycles. The summed E-state index contributed by atoms with van der Waals surface area (Å²) in [5.41, 5.74) is 10.8. The Morgan fingerprint density at radius 1 is 0.220 bits per heavy atom. The van der Waals surface area contributed by atoms with Crippen LogP contribution >= 0.6 is 0 Å². The monoisotopic (exact) mass is 747 g/mol. The van der Waals surface area contributed by atoms with E-state index in [9.17, 15) is 0 Å². The summed E-state index contributed by atoms with van der Waals surface area (Å²) in [7, 11) is 0. The molecule has 0 atom stereocenters. The first-order valence-corrected chi connectivity index (χ1v) is 20.4. The topological polar surface area (TPSA) is 4.93 Å². The second kappa shape index (κ2) is 13.4. The number of hydrogen-bond donors (Lipinski definition) is 0. The van der Waals surface area contributed by atoms with Gasteiger partial charge in [-0.05, 0) is 130 Å². The fraction of sp³-hybridized carbons (Fsp3) is 0. The minimum Gasteiger partial charge on any atom is -0.308 e. The molecule has 1 nitrogen and oxygen atoms in total. The molecule has 1 aromatic heterocycles. The Morgan fingerprint density at radius 3 is 1.22 bits per heavy atom. The Labute approximate surface area is 342 Å². The number of benzene rings is 11. The SMILES string of the molecule is c1ccc(-c2ccc(-c3ccccc3)n2-c2c3ccc(-c4cc5ccccc5c5ccccc45)cc3cc3ccc(-c4cc5ccccc5c5ccccc45)cc23)cc1. The van der Waals surface area contributed by atoms with Crippen molar-refractivity contribution >= 4 is 64.6 Å². The summed E-state index contributed by atoms with van der Waals surface area (Å²) >= 11 is 0. The molecule has 0 saturated carbocycles. The minimum atomic E-state index is 1.16. The number of nitrogens with zero attached hydrogens (tertiary/aromatic N) is 1. The summed E-state index contributed by atoms with van der Waals surface area (Å²) in [6.07, 6.45) is 0. The highest BCUT2D eigenvalue weighted by molar-refractivity contribution is 6.17. The van der Waals surface area contributed by atoms with Crippen molar-refractivity contribution in [2.45, 2.75) is 0 Å².